The first-order valence-corrected chi connectivity index (χ1v) is 17.9. The third-order valence-electron chi connectivity index (χ3n) is 11.1. The third kappa shape index (κ3) is 6.70. The van der Waals surface area contributed by atoms with Gasteiger partial charge in [0.15, 0.2) is 0 Å². The summed E-state index contributed by atoms with van der Waals surface area (Å²) in [6, 6.07) is 0.649. The highest BCUT2D eigenvalue weighted by Gasteiger charge is 2.51. The van der Waals surface area contributed by atoms with Crippen molar-refractivity contribution >= 4 is 29.3 Å². The van der Waals surface area contributed by atoms with Crippen molar-refractivity contribution in [3.05, 3.63) is 27.4 Å². The monoisotopic (exact) mass is 636 g/mol. The van der Waals surface area contributed by atoms with Crippen molar-refractivity contribution in [2.24, 2.45) is 17.8 Å². The number of carboxylic acid groups (broad SMARTS) is 1. The van der Waals surface area contributed by atoms with Crippen LogP contribution in [0.5, 0.6) is 0 Å². The molecule has 9 atom stereocenters. The van der Waals surface area contributed by atoms with Gasteiger partial charge in [0, 0.05) is 60.3 Å². The van der Waals surface area contributed by atoms with Crippen LogP contribution in [-0.2, 0) is 33.7 Å². The van der Waals surface area contributed by atoms with Gasteiger partial charge in [-0.15, -0.1) is 11.6 Å². The molecule has 4 fully saturated rings. The Kier molecular flexibility index (Phi) is 10.1. The molecule has 2 N–H and O–H groups in total. The number of alkyl halides is 1. The molecule has 3 aliphatic heterocycles. The van der Waals surface area contributed by atoms with Gasteiger partial charge in [-0.25, -0.2) is 4.98 Å². The molecular weight excluding hydrogens is 588 g/mol. The number of aliphatic carboxylic acids is 1. The zero-order chi connectivity index (χ0) is 30.2. The van der Waals surface area contributed by atoms with Crippen LogP contribution in [0.4, 0.5) is 0 Å². The van der Waals surface area contributed by atoms with Gasteiger partial charge in [-0.1, -0.05) is 0 Å². The summed E-state index contributed by atoms with van der Waals surface area (Å²) in [5, 5.41) is 13.8. The van der Waals surface area contributed by atoms with Gasteiger partial charge in [-0.3, -0.25) is 19.1 Å². The van der Waals surface area contributed by atoms with Crippen LogP contribution in [-0.4, -0.2) is 99.0 Å². The number of ether oxygens (including phenoxy) is 2. The second kappa shape index (κ2) is 13.7. The van der Waals surface area contributed by atoms with Gasteiger partial charge in [0.2, 0.25) is 0 Å². The van der Waals surface area contributed by atoms with Crippen molar-refractivity contribution in [2.45, 2.75) is 119 Å². The number of aromatic nitrogens is 2. The quantitative estimate of drug-likeness (QED) is 0.415. The van der Waals surface area contributed by atoms with Crippen LogP contribution in [0.3, 0.4) is 0 Å². The van der Waals surface area contributed by atoms with Crippen LogP contribution < -0.4 is 10.9 Å². The number of piperidine rings is 2. The smallest absolute Gasteiger partial charge is 0.308 e. The fourth-order valence-electron chi connectivity index (χ4n) is 8.77. The van der Waals surface area contributed by atoms with Crippen molar-refractivity contribution in [1.29, 1.82) is 0 Å². The van der Waals surface area contributed by atoms with Gasteiger partial charge >= 0.3 is 5.97 Å². The van der Waals surface area contributed by atoms with E-state index in [2.05, 4.69) is 17.1 Å². The Morgan fingerprint density at radius 2 is 1.95 bits per heavy atom. The number of thioether (sulfide) groups is 1. The van der Waals surface area contributed by atoms with E-state index in [0.717, 1.165) is 88.0 Å². The lowest BCUT2D eigenvalue weighted by molar-refractivity contribution is -0.142. The first kappa shape index (κ1) is 31.8. The predicted octanol–water partition coefficient (Wildman–Crippen LogP) is 3.50. The number of rotatable bonds is 8. The van der Waals surface area contributed by atoms with E-state index >= 15 is 0 Å². The molecule has 0 aromatic carbocycles. The lowest BCUT2D eigenvalue weighted by Crippen LogP contribution is -2.57. The van der Waals surface area contributed by atoms with Crippen LogP contribution in [0, 0.1) is 24.7 Å². The van der Waals surface area contributed by atoms with E-state index in [1.807, 2.05) is 23.3 Å². The molecule has 5 aliphatic rings. The number of fused-ring (bicyclic) bond motifs is 2. The number of aryl methyl sites for hydroxylation is 2. The van der Waals surface area contributed by atoms with Crippen molar-refractivity contribution in [3.8, 4) is 0 Å². The molecule has 0 spiro atoms. The van der Waals surface area contributed by atoms with Crippen molar-refractivity contribution in [2.75, 3.05) is 32.6 Å². The first-order chi connectivity index (χ1) is 20.7. The van der Waals surface area contributed by atoms with Crippen molar-refractivity contribution < 1.29 is 19.4 Å². The molecule has 3 saturated heterocycles. The molecule has 0 amide bonds. The van der Waals surface area contributed by atoms with Crippen LogP contribution in [0.25, 0.3) is 0 Å². The molecule has 1 aromatic rings. The molecule has 6 rings (SSSR count). The largest absolute Gasteiger partial charge is 0.481 e. The minimum atomic E-state index is -0.700. The highest BCUT2D eigenvalue weighted by atomic mass is 35.5. The summed E-state index contributed by atoms with van der Waals surface area (Å²) >= 11 is 8.55. The Bertz CT molecular complexity index is 1210. The van der Waals surface area contributed by atoms with E-state index in [-0.39, 0.29) is 46.2 Å². The van der Waals surface area contributed by atoms with E-state index in [1.54, 1.807) is 7.11 Å². The van der Waals surface area contributed by atoms with E-state index in [1.165, 1.54) is 0 Å². The summed E-state index contributed by atoms with van der Waals surface area (Å²) in [5.74, 6) is 1.03. The van der Waals surface area contributed by atoms with E-state index in [9.17, 15) is 14.7 Å². The number of carboxylic acids is 1. The summed E-state index contributed by atoms with van der Waals surface area (Å²) < 4.78 is 14.0. The fraction of sp³-hybridized carbons (Fsp3) is 0.844. The molecule has 9 nitrogen and oxygen atoms in total. The zero-order valence-corrected chi connectivity index (χ0v) is 27.5. The maximum Gasteiger partial charge on any atom is 0.308 e. The van der Waals surface area contributed by atoms with Crippen LogP contribution in [0.1, 0.15) is 69.0 Å². The second-order valence-electron chi connectivity index (χ2n) is 13.6. The van der Waals surface area contributed by atoms with Gasteiger partial charge in [-0.2, -0.15) is 11.8 Å². The van der Waals surface area contributed by atoms with Gasteiger partial charge in [0.1, 0.15) is 5.82 Å². The standard InChI is InChI=1S/C32H49ClN4O5S/c1-18-14-24(30-29(34-18)26(17-43-30)32(39)40)23-15-20(33)4-7-28(23)42-13-12-37-19(2)35-27-6-5-21(16-25(27)31(37)38)36-10-8-22(41-3)9-11-36/h18,20-24,26,28-30,34H,4-17H2,1-3H3,(H,39,40). The van der Waals surface area contributed by atoms with Gasteiger partial charge < -0.3 is 19.9 Å². The summed E-state index contributed by atoms with van der Waals surface area (Å²) in [4.78, 5) is 33.2. The third-order valence-corrected chi connectivity index (χ3v) is 13.1. The van der Waals surface area contributed by atoms with Crippen LogP contribution in [0.15, 0.2) is 4.79 Å². The first-order valence-electron chi connectivity index (χ1n) is 16.5. The molecule has 1 aromatic heterocycles. The number of nitrogens with one attached hydrogen (secondary N) is 1. The van der Waals surface area contributed by atoms with E-state index in [0.29, 0.717) is 37.0 Å². The second-order valence-corrected chi connectivity index (χ2v) is 15.5. The lowest BCUT2D eigenvalue weighted by Gasteiger charge is -2.47. The summed E-state index contributed by atoms with van der Waals surface area (Å²) in [7, 11) is 1.80. The molecule has 2 aliphatic carbocycles. The average Bonchev–Trinajstić information content (AvgIpc) is 3.43. The van der Waals surface area contributed by atoms with Crippen LogP contribution >= 0.6 is 23.4 Å². The Morgan fingerprint density at radius 1 is 1.16 bits per heavy atom. The minimum Gasteiger partial charge on any atom is -0.481 e. The normalized spacial score (nSPS) is 37.2. The molecule has 240 valence electrons. The van der Waals surface area contributed by atoms with Gasteiger partial charge in [0.25, 0.3) is 5.56 Å². The summed E-state index contributed by atoms with van der Waals surface area (Å²) in [5.41, 5.74) is 1.96. The Morgan fingerprint density at radius 3 is 2.70 bits per heavy atom. The Labute approximate surface area is 264 Å². The Balaban J connectivity index is 1.12. The number of hydrogen-bond donors (Lipinski definition) is 2. The minimum absolute atomic E-state index is 0.00873. The molecule has 0 radical (unpaired) electrons. The predicted molar refractivity (Wildman–Crippen MR) is 169 cm³/mol. The SMILES string of the molecule is COC1CCN(C2CCc3nc(C)n(CCOC4CCC(Cl)CC4C4CC(C)NC5C(C(=O)O)CSC45)c(=O)c3C2)CC1. The molecule has 11 heteroatoms. The highest BCUT2D eigenvalue weighted by Crippen LogP contribution is 2.48. The summed E-state index contributed by atoms with van der Waals surface area (Å²) in [6.07, 6.45) is 8.93. The molecule has 1 saturated carbocycles. The molecule has 43 heavy (non-hydrogen) atoms. The molecule has 4 heterocycles. The number of likely N-dealkylation sites (tertiary alicyclic amines) is 1. The molecule has 0 bridgehead atoms. The number of nitrogens with zero attached hydrogens (tertiary/aromatic N) is 3. The molecular formula is C32H49ClN4O5S. The van der Waals surface area contributed by atoms with Crippen LogP contribution in [0.2, 0.25) is 0 Å². The lowest BCUT2D eigenvalue weighted by atomic mass is 9.70. The zero-order valence-electron chi connectivity index (χ0n) is 25.9. The maximum absolute atomic E-state index is 13.8. The summed E-state index contributed by atoms with van der Waals surface area (Å²) in [6.45, 7) is 7.12. The van der Waals surface area contributed by atoms with Crippen molar-refractivity contribution in [3.63, 3.8) is 0 Å². The Hall–Kier alpha value is -1.17. The van der Waals surface area contributed by atoms with E-state index < -0.39 is 5.97 Å². The highest BCUT2D eigenvalue weighted by molar-refractivity contribution is 8.00. The molecule has 9 unspecified atom stereocenters. The van der Waals surface area contributed by atoms with Crippen molar-refractivity contribution in [1.82, 2.24) is 19.8 Å². The number of halogens is 1. The van der Waals surface area contributed by atoms with Gasteiger partial charge in [0.05, 0.1) is 37.0 Å². The number of carbonyl (C=O) groups is 1. The fourth-order valence-corrected chi connectivity index (χ4v) is 10.9. The number of hydrogen-bond acceptors (Lipinski definition) is 8. The van der Waals surface area contributed by atoms with Gasteiger partial charge in [-0.05, 0) is 83.5 Å². The number of methoxy groups -OCH3 is 1. The van der Waals surface area contributed by atoms with E-state index in [4.69, 9.17) is 26.1 Å². The topological polar surface area (TPSA) is 106 Å². The average molecular weight is 637 g/mol. The maximum atomic E-state index is 13.8.